The second kappa shape index (κ2) is 9.53. The molecule has 1 aromatic carbocycles. The summed E-state index contributed by atoms with van der Waals surface area (Å²) in [4.78, 5) is 36.8. The Kier molecular flexibility index (Phi) is 7.07. The van der Waals surface area contributed by atoms with Gasteiger partial charge in [-0.1, -0.05) is 12.1 Å². The fraction of sp³-hybridized carbons (Fsp3) is 0.440. The maximum atomic E-state index is 12.2. The number of anilines is 1. The van der Waals surface area contributed by atoms with Gasteiger partial charge in [-0.3, -0.25) is 0 Å². The molecule has 2 heterocycles. The number of fused-ring (bicyclic) bond motifs is 1. The highest BCUT2D eigenvalue weighted by Crippen LogP contribution is 2.31. The van der Waals surface area contributed by atoms with Crippen LogP contribution in [-0.4, -0.2) is 55.0 Å². The van der Waals surface area contributed by atoms with Crippen LogP contribution in [0.15, 0.2) is 24.3 Å². The maximum absolute atomic E-state index is 12.2. The minimum Gasteiger partial charge on any atom is -0.478 e. The number of nitrogens with one attached hydrogen (secondary N) is 3. The molecular weight excluding hydrogens is 450 g/mol. The number of alkyl carbamates (subject to hydrolysis) is 1. The van der Waals surface area contributed by atoms with Crippen LogP contribution in [0.25, 0.3) is 22.3 Å². The normalized spacial score (nSPS) is 12.9. The summed E-state index contributed by atoms with van der Waals surface area (Å²) >= 11 is 0. The number of carboxylic acid groups (broad SMARTS) is 1. The second-order valence-corrected chi connectivity index (χ2v) is 10.2. The van der Waals surface area contributed by atoms with Gasteiger partial charge < -0.3 is 30.6 Å². The number of benzene rings is 1. The minimum absolute atomic E-state index is 0.0281. The Hall–Kier alpha value is -3.66. The number of rotatable bonds is 7. The zero-order valence-corrected chi connectivity index (χ0v) is 21.1. The van der Waals surface area contributed by atoms with Gasteiger partial charge in [-0.2, -0.15) is 0 Å². The molecule has 5 N–H and O–H groups in total. The van der Waals surface area contributed by atoms with Gasteiger partial charge in [-0.15, -0.1) is 0 Å². The third kappa shape index (κ3) is 6.07. The van der Waals surface area contributed by atoms with E-state index in [-0.39, 0.29) is 12.2 Å². The standard InChI is InChI=1S/C25H33N5O5/c1-13(27-23(34)35-24(3,4)5)19-16(22(32)33)11-18(28-19)15-9-8-10-17-20(15)29-21(14(2)26-17)30-25(6,7)12-31/h8-11,13,28,31H,12H2,1-7H3,(H,27,34)(H,29,30)(H,32,33). The number of nitrogens with zero attached hydrogens (tertiary/aromatic N) is 2. The first-order valence-corrected chi connectivity index (χ1v) is 11.3. The van der Waals surface area contributed by atoms with Gasteiger partial charge in [0.15, 0.2) is 0 Å². The number of carbonyl (C=O) groups is 2. The Labute approximate surface area is 204 Å². The van der Waals surface area contributed by atoms with Gasteiger partial charge in [0, 0.05) is 11.3 Å². The van der Waals surface area contributed by atoms with Crippen LogP contribution in [-0.2, 0) is 4.74 Å². The lowest BCUT2D eigenvalue weighted by molar-refractivity contribution is 0.0503. The number of aromatic amines is 1. The molecule has 10 nitrogen and oxygen atoms in total. The summed E-state index contributed by atoms with van der Waals surface area (Å²) in [5.74, 6) is -0.608. The molecule has 0 aliphatic carbocycles. The first-order valence-electron chi connectivity index (χ1n) is 11.3. The van der Waals surface area contributed by atoms with Gasteiger partial charge in [0.2, 0.25) is 0 Å². The van der Waals surface area contributed by atoms with Crippen LogP contribution in [0.3, 0.4) is 0 Å². The summed E-state index contributed by atoms with van der Waals surface area (Å²) in [5, 5.41) is 25.4. The Morgan fingerprint density at radius 1 is 1.17 bits per heavy atom. The van der Waals surface area contributed by atoms with Gasteiger partial charge in [0.25, 0.3) is 0 Å². The third-order valence-electron chi connectivity index (χ3n) is 5.26. The van der Waals surface area contributed by atoms with E-state index in [9.17, 15) is 19.8 Å². The number of aromatic carboxylic acids is 1. The number of hydrogen-bond donors (Lipinski definition) is 5. The number of para-hydroxylation sites is 1. The van der Waals surface area contributed by atoms with Crippen molar-refractivity contribution in [1.29, 1.82) is 0 Å². The summed E-state index contributed by atoms with van der Waals surface area (Å²) in [5.41, 5.74) is 2.11. The van der Waals surface area contributed by atoms with Gasteiger partial charge in [0.1, 0.15) is 16.9 Å². The van der Waals surface area contributed by atoms with Crippen molar-refractivity contribution in [1.82, 2.24) is 20.3 Å². The van der Waals surface area contributed by atoms with Crippen LogP contribution in [0.1, 0.15) is 69.3 Å². The van der Waals surface area contributed by atoms with Crippen molar-refractivity contribution >= 4 is 28.9 Å². The molecule has 3 aromatic rings. The van der Waals surface area contributed by atoms with Crippen molar-refractivity contribution < 1.29 is 24.5 Å². The number of H-pyrrole nitrogens is 1. The van der Waals surface area contributed by atoms with Crippen molar-refractivity contribution in [2.75, 3.05) is 11.9 Å². The highest BCUT2D eigenvalue weighted by atomic mass is 16.6. The minimum atomic E-state index is -1.13. The Bertz CT molecular complexity index is 1260. The molecule has 0 saturated heterocycles. The lowest BCUT2D eigenvalue weighted by atomic mass is 10.1. The summed E-state index contributed by atoms with van der Waals surface area (Å²) < 4.78 is 5.30. The quantitative estimate of drug-likeness (QED) is 0.332. The third-order valence-corrected chi connectivity index (χ3v) is 5.26. The summed E-state index contributed by atoms with van der Waals surface area (Å²) in [6, 6.07) is 6.33. The molecule has 0 fully saturated rings. The van der Waals surface area contributed by atoms with Gasteiger partial charge in [0.05, 0.1) is 40.7 Å². The van der Waals surface area contributed by atoms with Crippen LogP contribution < -0.4 is 10.6 Å². The Balaban J connectivity index is 2.06. The molecule has 35 heavy (non-hydrogen) atoms. The molecule has 10 heteroatoms. The molecule has 3 rings (SSSR count). The molecule has 1 amide bonds. The number of aryl methyl sites for hydroxylation is 1. The predicted octanol–water partition coefficient (Wildman–Crippen LogP) is 4.40. The van der Waals surface area contributed by atoms with Crippen LogP contribution in [0.5, 0.6) is 0 Å². The predicted molar refractivity (Wildman–Crippen MR) is 134 cm³/mol. The van der Waals surface area contributed by atoms with Crippen LogP contribution in [0, 0.1) is 6.92 Å². The lowest BCUT2D eigenvalue weighted by Crippen LogP contribution is -2.35. The van der Waals surface area contributed by atoms with Crippen molar-refractivity contribution in [3.05, 3.63) is 41.2 Å². The molecule has 1 unspecified atom stereocenters. The van der Waals surface area contributed by atoms with Crippen molar-refractivity contribution in [2.24, 2.45) is 0 Å². The lowest BCUT2D eigenvalue weighted by Gasteiger charge is -2.25. The number of carboxylic acids is 1. The number of carbonyl (C=O) groups excluding carboxylic acids is 1. The average Bonchev–Trinajstić information content (AvgIpc) is 3.18. The average molecular weight is 484 g/mol. The fourth-order valence-electron chi connectivity index (χ4n) is 3.55. The zero-order valence-electron chi connectivity index (χ0n) is 21.1. The number of ether oxygens (including phenoxy) is 1. The number of aromatic nitrogens is 3. The van der Waals surface area contributed by atoms with E-state index < -0.39 is 29.2 Å². The molecule has 0 aliphatic rings. The first kappa shape index (κ1) is 26.0. The number of aliphatic hydroxyl groups excluding tert-OH is 1. The van der Waals surface area contributed by atoms with E-state index in [2.05, 4.69) is 20.6 Å². The van der Waals surface area contributed by atoms with E-state index in [1.54, 1.807) is 27.7 Å². The molecule has 0 saturated carbocycles. The van der Waals surface area contributed by atoms with E-state index in [4.69, 9.17) is 9.72 Å². The van der Waals surface area contributed by atoms with Crippen LogP contribution >= 0.6 is 0 Å². The number of aliphatic hydroxyl groups is 1. The number of hydrogen-bond acceptors (Lipinski definition) is 7. The second-order valence-electron chi connectivity index (χ2n) is 10.2. The highest BCUT2D eigenvalue weighted by Gasteiger charge is 2.25. The highest BCUT2D eigenvalue weighted by molar-refractivity contribution is 5.96. The summed E-state index contributed by atoms with van der Waals surface area (Å²) in [7, 11) is 0. The van der Waals surface area contributed by atoms with Gasteiger partial charge in [-0.05, 0) is 60.6 Å². The Morgan fingerprint density at radius 3 is 2.46 bits per heavy atom. The van der Waals surface area contributed by atoms with Crippen LogP contribution in [0.2, 0.25) is 0 Å². The molecular formula is C25H33N5O5. The monoisotopic (exact) mass is 483 g/mol. The van der Waals surface area contributed by atoms with E-state index in [1.807, 2.05) is 39.0 Å². The van der Waals surface area contributed by atoms with Crippen LogP contribution in [0.4, 0.5) is 10.6 Å². The van der Waals surface area contributed by atoms with E-state index >= 15 is 0 Å². The largest absolute Gasteiger partial charge is 0.478 e. The molecule has 0 bridgehead atoms. The topological polar surface area (TPSA) is 149 Å². The summed E-state index contributed by atoms with van der Waals surface area (Å²) in [6.45, 7) is 12.4. The van der Waals surface area contributed by atoms with Crippen molar-refractivity contribution in [2.45, 2.75) is 65.6 Å². The molecule has 2 aromatic heterocycles. The molecule has 0 spiro atoms. The fourth-order valence-corrected chi connectivity index (χ4v) is 3.55. The van der Waals surface area contributed by atoms with Gasteiger partial charge in [-0.25, -0.2) is 19.6 Å². The van der Waals surface area contributed by atoms with Gasteiger partial charge >= 0.3 is 12.1 Å². The molecule has 0 aliphatic heterocycles. The zero-order chi connectivity index (χ0) is 26.1. The summed E-state index contributed by atoms with van der Waals surface area (Å²) in [6.07, 6.45) is -0.647. The van der Waals surface area contributed by atoms with E-state index in [0.717, 1.165) is 0 Å². The molecule has 0 radical (unpaired) electrons. The van der Waals surface area contributed by atoms with E-state index in [1.165, 1.54) is 6.07 Å². The van der Waals surface area contributed by atoms with Crippen molar-refractivity contribution in [3.63, 3.8) is 0 Å². The smallest absolute Gasteiger partial charge is 0.408 e. The SMILES string of the molecule is Cc1nc2cccc(-c3cc(C(=O)O)c(C(C)NC(=O)OC(C)(C)C)[nH]3)c2nc1NC(C)(C)CO. The molecule has 188 valence electrons. The maximum Gasteiger partial charge on any atom is 0.408 e. The van der Waals surface area contributed by atoms with E-state index in [0.29, 0.717) is 39.5 Å². The number of amides is 1. The van der Waals surface area contributed by atoms with Crippen molar-refractivity contribution in [3.8, 4) is 11.3 Å². The first-order chi connectivity index (χ1) is 16.2. The molecule has 1 atom stereocenters. The Morgan fingerprint density at radius 2 is 1.86 bits per heavy atom.